The lowest BCUT2D eigenvalue weighted by atomic mass is 9.94. The summed E-state index contributed by atoms with van der Waals surface area (Å²) in [5.74, 6) is -0.527. The van der Waals surface area contributed by atoms with Crippen molar-refractivity contribution in [3.05, 3.63) is 41.4 Å². The fourth-order valence-electron chi connectivity index (χ4n) is 5.03. The summed E-state index contributed by atoms with van der Waals surface area (Å²) in [5, 5.41) is 15.1. The summed E-state index contributed by atoms with van der Waals surface area (Å²) in [4.78, 5) is 29.8. The van der Waals surface area contributed by atoms with Crippen LogP contribution in [-0.2, 0) is 19.6 Å². The van der Waals surface area contributed by atoms with Crippen molar-refractivity contribution in [2.75, 3.05) is 32.8 Å². The zero-order valence-corrected chi connectivity index (χ0v) is 23.7. The van der Waals surface area contributed by atoms with Crippen molar-refractivity contribution >= 4 is 44.2 Å². The third-order valence-electron chi connectivity index (χ3n) is 7.48. The molecule has 0 aliphatic carbocycles. The number of hydrogen-bond donors (Lipinski definition) is 3. The smallest absolute Gasteiger partial charge is 0.245 e. The summed E-state index contributed by atoms with van der Waals surface area (Å²) in [7, 11) is -3.95. The number of piperidine rings is 1. The molecule has 0 spiro atoms. The van der Waals surface area contributed by atoms with E-state index in [1.165, 1.54) is 11.0 Å². The monoisotopic (exact) mass is 564 g/mol. The maximum absolute atomic E-state index is 13.3. The number of nitrogens with zero attached hydrogens (tertiary/aromatic N) is 2. The molecule has 9 nitrogen and oxygen atoms in total. The quantitative estimate of drug-likeness (QED) is 0.430. The van der Waals surface area contributed by atoms with Gasteiger partial charge in [-0.3, -0.25) is 9.59 Å². The van der Waals surface area contributed by atoms with Crippen LogP contribution >= 0.6 is 11.6 Å². The number of amides is 2. The molecule has 2 aliphatic heterocycles. The number of fused-ring (bicyclic) bond motifs is 1. The van der Waals surface area contributed by atoms with Crippen LogP contribution in [-0.4, -0.2) is 86.0 Å². The van der Waals surface area contributed by atoms with Crippen molar-refractivity contribution in [1.29, 1.82) is 0 Å². The van der Waals surface area contributed by atoms with E-state index in [2.05, 4.69) is 10.0 Å². The Labute approximate surface area is 229 Å². The topological polar surface area (TPSA) is 119 Å². The number of hydrogen-bond acceptors (Lipinski definition) is 6. The Hall–Kier alpha value is -2.24. The lowest BCUT2D eigenvalue weighted by molar-refractivity contribution is -0.144. The molecule has 4 rings (SSSR count). The van der Waals surface area contributed by atoms with E-state index in [9.17, 15) is 23.1 Å². The molecule has 0 radical (unpaired) electrons. The SMILES string of the molecule is C[C@@H](C(=O)N1CCCC(NCC(C)(C)CO)C1)N1CC[C@H](NS(=O)(=O)c2ccc3cc(Cl)ccc3c2)C1=O. The molecule has 2 aromatic carbocycles. The molecule has 0 aromatic heterocycles. The standard InChI is InChI=1S/C27H37ClN4O5S/c1-18(25(34)31-11-4-5-22(15-31)29-16-27(2,3)17-33)32-12-10-24(26(32)35)30-38(36,37)23-9-7-19-13-21(28)8-6-20(19)14-23/h6-9,13-14,18,22,24,29-30,33H,4-5,10-12,15-17H2,1-3H3/t18-,22?,24-/m0/s1. The molecular weight excluding hydrogens is 528 g/mol. The molecule has 3 N–H and O–H groups in total. The molecule has 0 saturated carbocycles. The summed E-state index contributed by atoms with van der Waals surface area (Å²) in [6, 6.07) is 8.45. The van der Waals surface area contributed by atoms with Gasteiger partial charge in [0.2, 0.25) is 21.8 Å². The van der Waals surface area contributed by atoms with Gasteiger partial charge in [0.25, 0.3) is 0 Å². The van der Waals surface area contributed by atoms with Crippen molar-refractivity contribution in [1.82, 2.24) is 19.8 Å². The minimum Gasteiger partial charge on any atom is -0.396 e. The second-order valence-corrected chi connectivity index (χ2v) is 13.3. The molecule has 2 amide bonds. The van der Waals surface area contributed by atoms with Gasteiger partial charge in [0.1, 0.15) is 12.1 Å². The number of rotatable bonds is 9. The first kappa shape index (κ1) is 28.8. The first-order chi connectivity index (χ1) is 17.9. The normalized spacial score (nSPS) is 21.8. The van der Waals surface area contributed by atoms with E-state index in [0.717, 1.165) is 23.6 Å². The van der Waals surface area contributed by atoms with Gasteiger partial charge in [0.15, 0.2) is 0 Å². The Bertz CT molecular complexity index is 1300. The van der Waals surface area contributed by atoms with Gasteiger partial charge in [0.05, 0.1) is 4.90 Å². The minimum absolute atomic E-state index is 0.0685. The van der Waals surface area contributed by atoms with E-state index >= 15 is 0 Å². The Morgan fingerprint density at radius 1 is 1.16 bits per heavy atom. The summed E-state index contributed by atoms with van der Waals surface area (Å²) in [5.41, 5.74) is -0.246. The van der Waals surface area contributed by atoms with Crippen molar-refractivity contribution in [3.8, 4) is 0 Å². The fraction of sp³-hybridized carbons (Fsp3) is 0.556. The number of benzene rings is 2. The highest BCUT2D eigenvalue weighted by Crippen LogP contribution is 2.24. The maximum Gasteiger partial charge on any atom is 0.245 e. The average molecular weight is 565 g/mol. The Morgan fingerprint density at radius 3 is 2.61 bits per heavy atom. The van der Waals surface area contributed by atoms with Crippen LogP contribution in [0.4, 0.5) is 0 Å². The van der Waals surface area contributed by atoms with Crippen molar-refractivity contribution in [2.24, 2.45) is 5.41 Å². The molecule has 2 saturated heterocycles. The van der Waals surface area contributed by atoms with E-state index < -0.39 is 28.0 Å². The van der Waals surface area contributed by atoms with Crippen LogP contribution < -0.4 is 10.0 Å². The molecule has 2 aliphatic rings. The number of aliphatic hydroxyl groups excluding tert-OH is 1. The first-order valence-electron chi connectivity index (χ1n) is 13.1. The van der Waals surface area contributed by atoms with Crippen molar-refractivity contribution in [2.45, 2.75) is 63.1 Å². The van der Waals surface area contributed by atoms with E-state index in [1.807, 2.05) is 13.8 Å². The lowest BCUT2D eigenvalue weighted by Crippen LogP contribution is -2.55. The van der Waals surface area contributed by atoms with Gasteiger partial charge in [-0.2, -0.15) is 4.72 Å². The average Bonchev–Trinajstić information content (AvgIpc) is 3.25. The highest BCUT2D eigenvalue weighted by Gasteiger charge is 2.40. The van der Waals surface area contributed by atoms with Gasteiger partial charge < -0.3 is 20.2 Å². The predicted molar refractivity (Wildman–Crippen MR) is 147 cm³/mol. The van der Waals surface area contributed by atoms with Gasteiger partial charge in [-0.15, -0.1) is 0 Å². The van der Waals surface area contributed by atoms with Crippen molar-refractivity contribution in [3.63, 3.8) is 0 Å². The molecule has 3 atom stereocenters. The number of aliphatic hydroxyl groups is 1. The van der Waals surface area contributed by atoms with Crippen LogP contribution in [0.5, 0.6) is 0 Å². The summed E-state index contributed by atoms with van der Waals surface area (Å²) in [6.07, 6.45) is 2.08. The molecule has 2 heterocycles. The van der Waals surface area contributed by atoms with Crippen LogP contribution in [0.3, 0.4) is 0 Å². The van der Waals surface area contributed by atoms with Gasteiger partial charge in [0, 0.05) is 49.3 Å². The van der Waals surface area contributed by atoms with Crippen LogP contribution in [0.25, 0.3) is 10.8 Å². The van der Waals surface area contributed by atoms with Crippen LogP contribution in [0.15, 0.2) is 41.3 Å². The third-order valence-corrected chi connectivity index (χ3v) is 9.18. The number of carbonyl (C=O) groups is 2. The number of halogens is 1. The predicted octanol–water partition coefficient (Wildman–Crippen LogP) is 2.36. The number of nitrogens with one attached hydrogen (secondary N) is 2. The molecule has 38 heavy (non-hydrogen) atoms. The first-order valence-corrected chi connectivity index (χ1v) is 14.9. The lowest BCUT2D eigenvalue weighted by Gasteiger charge is -2.37. The van der Waals surface area contributed by atoms with E-state index in [0.29, 0.717) is 37.6 Å². The summed E-state index contributed by atoms with van der Waals surface area (Å²) in [6.45, 7) is 7.84. The van der Waals surface area contributed by atoms with Crippen molar-refractivity contribution < 1.29 is 23.1 Å². The highest BCUT2D eigenvalue weighted by atomic mass is 35.5. The van der Waals surface area contributed by atoms with Crippen LogP contribution in [0.1, 0.15) is 40.0 Å². The van der Waals surface area contributed by atoms with Gasteiger partial charge in [-0.05, 0) is 61.2 Å². The molecule has 2 aromatic rings. The third kappa shape index (κ3) is 6.48. The van der Waals surface area contributed by atoms with Gasteiger partial charge >= 0.3 is 0 Å². The number of sulfonamides is 1. The largest absolute Gasteiger partial charge is 0.396 e. The summed E-state index contributed by atoms with van der Waals surface area (Å²) >= 11 is 6.02. The highest BCUT2D eigenvalue weighted by molar-refractivity contribution is 7.89. The van der Waals surface area contributed by atoms with Gasteiger partial charge in [-0.1, -0.05) is 37.6 Å². The summed E-state index contributed by atoms with van der Waals surface area (Å²) < 4.78 is 28.7. The van der Waals surface area contributed by atoms with Crippen LogP contribution in [0.2, 0.25) is 5.02 Å². The van der Waals surface area contributed by atoms with E-state index in [4.69, 9.17) is 11.6 Å². The zero-order chi connectivity index (χ0) is 27.7. The van der Waals surface area contributed by atoms with Crippen LogP contribution in [0, 0.1) is 5.41 Å². The molecule has 1 unspecified atom stereocenters. The second kappa shape index (κ2) is 11.5. The Kier molecular flexibility index (Phi) is 8.68. The molecule has 11 heteroatoms. The Morgan fingerprint density at radius 2 is 1.87 bits per heavy atom. The van der Waals surface area contributed by atoms with Gasteiger partial charge in [-0.25, -0.2) is 8.42 Å². The molecule has 208 valence electrons. The molecular formula is C27H37ClN4O5S. The molecule has 2 fully saturated rings. The number of likely N-dealkylation sites (tertiary alicyclic amines) is 2. The van der Waals surface area contributed by atoms with E-state index in [-0.39, 0.29) is 28.9 Å². The maximum atomic E-state index is 13.3. The molecule has 0 bridgehead atoms. The second-order valence-electron chi connectivity index (χ2n) is 11.2. The fourth-order valence-corrected chi connectivity index (χ4v) is 6.47. The zero-order valence-electron chi connectivity index (χ0n) is 22.1. The Balaban J connectivity index is 1.37. The minimum atomic E-state index is -3.95. The van der Waals surface area contributed by atoms with E-state index in [1.54, 1.807) is 42.2 Å². The number of carbonyl (C=O) groups excluding carboxylic acids is 2.